The van der Waals surface area contributed by atoms with Crippen molar-refractivity contribution in [1.82, 2.24) is 0 Å². The van der Waals surface area contributed by atoms with Crippen LogP contribution in [0.1, 0.15) is 59.8 Å². The van der Waals surface area contributed by atoms with Crippen molar-refractivity contribution < 1.29 is 14.3 Å². The molecule has 40 heavy (non-hydrogen) atoms. The first-order chi connectivity index (χ1) is 19.3. The van der Waals surface area contributed by atoms with E-state index >= 15 is 0 Å². The number of aryl methyl sites for hydroxylation is 1. The van der Waals surface area contributed by atoms with Crippen molar-refractivity contribution in [2.75, 3.05) is 16.8 Å². The third-order valence-electron chi connectivity index (χ3n) is 8.98. The molecule has 0 bridgehead atoms. The molecule has 202 valence electrons. The van der Waals surface area contributed by atoms with Crippen LogP contribution in [0.2, 0.25) is 0 Å². The molecule has 1 saturated heterocycles. The van der Waals surface area contributed by atoms with Crippen LogP contribution in [0, 0.1) is 18.8 Å². The zero-order valence-corrected chi connectivity index (χ0v) is 23.4. The summed E-state index contributed by atoms with van der Waals surface area (Å²) in [6, 6.07) is 28.8. The monoisotopic (exact) mass is 530 g/mol. The minimum atomic E-state index is -1.09. The van der Waals surface area contributed by atoms with Crippen molar-refractivity contribution in [3.8, 4) is 11.5 Å². The van der Waals surface area contributed by atoms with E-state index < -0.39 is 5.60 Å². The maximum Gasteiger partial charge on any atom is 0.340 e. The standard InChI is InChI=1S/C35H34N2O3/c1-21(2)24-17-23(4)37(20-24)26-14-15-29-33(18-26)39-32-16-22(3)31(36-25-10-6-5-7-11-25)19-30(32)35(29)28-13-9-8-12-27(28)34(38)40-35/h5-16,18-19,21,23-24,36H,17,20H2,1-4H3. The van der Waals surface area contributed by atoms with Gasteiger partial charge in [-0.3, -0.25) is 0 Å². The first kappa shape index (κ1) is 24.8. The van der Waals surface area contributed by atoms with Gasteiger partial charge in [-0.15, -0.1) is 0 Å². The van der Waals surface area contributed by atoms with Gasteiger partial charge in [0.15, 0.2) is 5.60 Å². The molecule has 5 nitrogen and oxygen atoms in total. The molecule has 1 N–H and O–H groups in total. The number of benzene rings is 4. The van der Waals surface area contributed by atoms with Gasteiger partial charge in [0.05, 0.1) is 5.56 Å². The van der Waals surface area contributed by atoms with Gasteiger partial charge in [0, 0.05) is 52.4 Å². The Morgan fingerprint density at radius 2 is 1.65 bits per heavy atom. The molecule has 0 aromatic heterocycles. The predicted molar refractivity (Wildman–Crippen MR) is 159 cm³/mol. The number of nitrogens with one attached hydrogen (secondary N) is 1. The van der Waals surface area contributed by atoms with Crippen LogP contribution in [0.4, 0.5) is 17.1 Å². The summed E-state index contributed by atoms with van der Waals surface area (Å²) in [5.74, 6) is 2.44. The second-order valence-electron chi connectivity index (χ2n) is 11.8. The van der Waals surface area contributed by atoms with Crippen LogP contribution in [0.5, 0.6) is 11.5 Å². The van der Waals surface area contributed by atoms with Crippen LogP contribution in [-0.4, -0.2) is 18.6 Å². The third-order valence-corrected chi connectivity index (χ3v) is 8.98. The molecule has 3 atom stereocenters. The lowest BCUT2D eigenvalue weighted by molar-refractivity contribution is 0.0224. The molecule has 4 aromatic carbocycles. The Morgan fingerprint density at radius 1 is 0.900 bits per heavy atom. The number of ether oxygens (including phenoxy) is 2. The van der Waals surface area contributed by atoms with Gasteiger partial charge in [0.2, 0.25) is 0 Å². The lowest BCUT2D eigenvalue weighted by Crippen LogP contribution is -2.33. The second kappa shape index (κ2) is 9.16. The summed E-state index contributed by atoms with van der Waals surface area (Å²) in [6.45, 7) is 10.0. The van der Waals surface area contributed by atoms with Crippen molar-refractivity contribution >= 4 is 23.0 Å². The van der Waals surface area contributed by atoms with Crippen LogP contribution in [0.25, 0.3) is 0 Å². The number of rotatable bonds is 4. The van der Waals surface area contributed by atoms with Crippen LogP contribution in [0.3, 0.4) is 0 Å². The Labute approximate surface area is 235 Å². The van der Waals surface area contributed by atoms with Gasteiger partial charge < -0.3 is 19.7 Å². The van der Waals surface area contributed by atoms with E-state index in [0.29, 0.717) is 29.2 Å². The van der Waals surface area contributed by atoms with Crippen LogP contribution in [-0.2, 0) is 10.3 Å². The quantitative estimate of drug-likeness (QED) is 0.270. The largest absolute Gasteiger partial charge is 0.456 e. The highest BCUT2D eigenvalue weighted by Gasteiger charge is 2.53. The summed E-state index contributed by atoms with van der Waals surface area (Å²) in [6.07, 6.45) is 1.18. The molecule has 3 aliphatic rings. The van der Waals surface area contributed by atoms with E-state index in [9.17, 15) is 4.79 Å². The van der Waals surface area contributed by atoms with Crippen LogP contribution in [0.15, 0.2) is 84.9 Å². The number of anilines is 3. The zero-order valence-electron chi connectivity index (χ0n) is 23.4. The molecular weight excluding hydrogens is 496 g/mol. The summed E-state index contributed by atoms with van der Waals surface area (Å²) in [5, 5.41) is 3.55. The Kier molecular flexibility index (Phi) is 5.67. The maximum atomic E-state index is 13.3. The smallest absolute Gasteiger partial charge is 0.340 e. The van der Waals surface area contributed by atoms with Gasteiger partial charge in [-0.05, 0) is 80.1 Å². The number of nitrogens with zero attached hydrogens (tertiary/aromatic N) is 1. The molecule has 1 spiro atoms. The first-order valence-electron chi connectivity index (χ1n) is 14.2. The van der Waals surface area contributed by atoms with Crippen molar-refractivity contribution in [1.29, 1.82) is 0 Å². The predicted octanol–water partition coefficient (Wildman–Crippen LogP) is 8.18. The second-order valence-corrected chi connectivity index (χ2v) is 11.8. The Bertz CT molecular complexity index is 1630. The van der Waals surface area contributed by atoms with E-state index in [1.807, 2.05) is 54.6 Å². The molecule has 7 rings (SSSR count). The van der Waals surface area contributed by atoms with Gasteiger partial charge in [-0.2, -0.15) is 0 Å². The molecule has 0 amide bonds. The first-order valence-corrected chi connectivity index (χ1v) is 14.2. The Morgan fingerprint density at radius 3 is 2.42 bits per heavy atom. The molecular formula is C35H34N2O3. The number of para-hydroxylation sites is 1. The molecule has 0 saturated carbocycles. The normalized spacial score (nSPS) is 22.5. The van der Waals surface area contributed by atoms with Crippen molar-refractivity contribution in [2.24, 2.45) is 11.8 Å². The molecule has 4 aromatic rings. The summed E-state index contributed by atoms with van der Waals surface area (Å²) < 4.78 is 13.1. The topological polar surface area (TPSA) is 50.8 Å². The van der Waals surface area contributed by atoms with Gasteiger partial charge >= 0.3 is 5.97 Å². The number of hydrogen-bond acceptors (Lipinski definition) is 5. The average Bonchev–Trinajstić information content (AvgIpc) is 3.48. The fraction of sp³-hybridized carbons (Fsp3) is 0.286. The number of hydrogen-bond donors (Lipinski definition) is 1. The molecule has 5 heteroatoms. The minimum Gasteiger partial charge on any atom is -0.456 e. The van der Waals surface area contributed by atoms with Gasteiger partial charge in [0.1, 0.15) is 11.5 Å². The van der Waals surface area contributed by atoms with E-state index in [4.69, 9.17) is 9.47 Å². The van der Waals surface area contributed by atoms with Gasteiger partial charge in [0.25, 0.3) is 0 Å². The number of carbonyl (C=O) groups is 1. The highest BCUT2D eigenvalue weighted by molar-refractivity contribution is 5.97. The molecule has 1 fully saturated rings. The van der Waals surface area contributed by atoms with Gasteiger partial charge in [-0.1, -0.05) is 50.2 Å². The van der Waals surface area contributed by atoms with Crippen molar-refractivity contribution in [3.63, 3.8) is 0 Å². The summed E-state index contributed by atoms with van der Waals surface area (Å²) in [4.78, 5) is 15.8. The lowest BCUT2D eigenvalue weighted by Gasteiger charge is -2.38. The highest BCUT2D eigenvalue weighted by Crippen LogP contribution is 2.57. The lowest BCUT2D eigenvalue weighted by atomic mass is 9.77. The molecule has 0 radical (unpaired) electrons. The molecule has 3 unspecified atom stereocenters. The average molecular weight is 531 g/mol. The SMILES string of the molecule is Cc1cc2c(cc1Nc1ccccc1)C1(OC(=O)c3ccccc31)c1ccc(N3CC(C(C)C)CC3C)cc1O2. The molecule has 0 aliphatic carbocycles. The Hall–Kier alpha value is -4.25. The molecule has 3 aliphatic heterocycles. The maximum absolute atomic E-state index is 13.3. The van der Waals surface area contributed by atoms with Crippen LogP contribution >= 0.6 is 0 Å². The van der Waals surface area contributed by atoms with Gasteiger partial charge in [-0.25, -0.2) is 4.79 Å². The number of carbonyl (C=O) groups excluding carboxylic acids is 1. The third kappa shape index (κ3) is 3.71. The summed E-state index contributed by atoms with van der Waals surface area (Å²) in [7, 11) is 0. The van der Waals surface area contributed by atoms with E-state index in [0.717, 1.165) is 51.6 Å². The fourth-order valence-electron chi connectivity index (χ4n) is 6.71. The number of fused-ring (bicyclic) bond motifs is 6. The summed E-state index contributed by atoms with van der Waals surface area (Å²) >= 11 is 0. The van der Waals surface area contributed by atoms with Crippen molar-refractivity contribution in [2.45, 2.75) is 45.8 Å². The van der Waals surface area contributed by atoms with E-state index in [1.165, 1.54) is 6.42 Å². The highest BCUT2D eigenvalue weighted by atomic mass is 16.6. The fourth-order valence-corrected chi connectivity index (χ4v) is 6.71. The summed E-state index contributed by atoms with van der Waals surface area (Å²) in [5.41, 5.74) is 6.15. The molecule has 3 heterocycles. The zero-order chi connectivity index (χ0) is 27.6. The van der Waals surface area contributed by atoms with E-state index in [-0.39, 0.29) is 5.97 Å². The van der Waals surface area contributed by atoms with Crippen LogP contribution < -0.4 is 15.0 Å². The van der Waals surface area contributed by atoms with E-state index in [2.05, 4.69) is 68.2 Å². The number of esters is 1. The van der Waals surface area contributed by atoms with Crippen molar-refractivity contribution in [3.05, 3.63) is 113 Å². The Balaban J connectivity index is 1.39. The minimum absolute atomic E-state index is 0.315. The van der Waals surface area contributed by atoms with E-state index in [1.54, 1.807) is 0 Å².